The summed E-state index contributed by atoms with van der Waals surface area (Å²) in [7, 11) is 0. The van der Waals surface area contributed by atoms with Crippen LogP contribution in [0.5, 0.6) is 0 Å². The van der Waals surface area contributed by atoms with Gasteiger partial charge in [0.25, 0.3) is 0 Å². The summed E-state index contributed by atoms with van der Waals surface area (Å²) >= 11 is 1.90. The van der Waals surface area contributed by atoms with E-state index in [2.05, 4.69) is 30.4 Å². The lowest BCUT2D eigenvalue weighted by molar-refractivity contribution is 0.161. The molecule has 1 saturated carbocycles. The summed E-state index contributed by atoms with van der Waals surface area (Å²) in [6.07, 6.45) is 6.32. The molecular weight excluding hydrogens is 266 g/mol. The number of aliphatic hydroxyl groups is 1. The van der Waals surface area contributed by atoms with Gasteiger partial charge in [0, 0.05) is 10.6 Å². The number of benzene rings is 1. The molecule has 0 radical (unpaired) electrons. The van der Waals surface area contributed by atoms with Crippen molar-refractivity contribution in [2.24, 2.45) is 5.92 Å². The van der Waals surface area contributed by atoms with Crippen molar-refractivity contribution >= 4 is 11.8 Å². The van der Waals surface area contributed by atoms with Crippen molar-refractivity contribution in [2.75, 3.05) is 18.9 Å². The molecule has 1 fully saturated rings. The van der Waals surface area contributed by atoms with Crippen molar-refractivity contribution in [3.8, 4) is 0 Å². The summed E-state index contributed by atoms with van der Waals surface area (Å²) in [6.45, 7) is 3.32. The maximum absolute atomic E-state index is 9.88. The highest BCUT2D eigenvalue weighted by atomic mass is 32.2. The molecule has 0 aromatic heterocycles. The number of thioether (sulfide) groups is 1. The quantitative estimate of drug-likeness (QED) is 0.758. The van der Waals surface area contributed by atoms with Gasteiger partial charge in [-0.1, -0.05) is 13.0 Å². The van der Waals surface area contributed by atoms with Gasteiger partial charge >= 0.3 is 0 Å². The minimum absolute atomic E-state index is 0.0710. The lowest BCUT2D eigenvalue weighted by Crippen LogP contribution is -2.52. The minimum Gasteiger partial charge on any atom is -0.394 e. The molecule has 0 amide bonds. The van der Waals surface area contributed by atoms with Crippen LogP contribution in [0.2, 0.25) is 0 Å². The molecule has 2 aliphatic rings. The Morgan fingerprint density at radius 2 is 2.10 bits per heavy atom. The number of hydrogen-bond acceptors (Lipinski definition) is 3. The van der Waals surface area contributed by atoms with Crippen LogP contribution in [-0.2, 0) is 12.8 Å². The third-order valence-corrected chi connectivity index (χ3v) is 5.98. The highest BCUT2D eigenvalue weighted by Crippen LogP contribution is 2.42. The first-order chi connectivity index (χ1) is 9.77. The average Bonchev–Trinajstić information content (AvgIpc) is 3.22. The van der Waals surface area contributed by atoms with E-state index in [1.807, 2.05) is 11.8 Å². The molecule has 1 aromatic carbocycles. The molecule has 3 rings (SSSR count). The molecule has 2 aliphatic carbocycles. The number of nitrogens with one attached hydrogen (secondary N) is 1. The number of fused-ring (bicyclic) bond motifs is 1. The van der Waals surface area contributed by atoms with E-state index >= 15 is 0 Å². The summed E-state index contributed by atoms with van der Waals surface area (Å²) in [5, 5.41) is 13.4. The summed E-state index contributed by atoms with van der Waals surface area (Å²) < 4.78 is 0. The first-order valence-corrected chi connectivity index (χ1v) is 8.86. The zero-order valence-electron chi connectivity index (χ0n) is 12.3. The summed E-state index contributed by atoms with van der Waals surface area (Å²) in [6, 6.07) is 6.93. The van der Waals surface area contributed by atoms with Crippen LogP contribution in [0.4, 0.5) is 0 Å². The molecule has 1 aromatic rings. The van der Waals surface area contributed by atoms with Crippen molar-refractivity contribution in [1.29, 1.82) is 0 Å². The first-order valence-electron chi connectivity index (χ1n) is 7.88. The molecule has 1 atom stereocenters. The highest BCUT2D eigenvalue weighted by molar-refractivity contribution is 7.99. The normalized spacial score (nSPS) is 20.7. The Morgan fingerprint density at radius 3 is 2.80 bits per heavy atom. The number of aryl methyl sites for hydroxylation is 2. The Balaban J connectivity index is 1.67. The first kappa shape index (κ1) is 14.4. The fourth-order valence-corrected chi connectivity index (χ4v) is 4.63. The van der Waals surface area contributed by atoms with E-state index in [1.165, 1.54) is 42.6 Å². The second-order valence-electron chi connectivity index (χ2n) is 6.19. The SMILES string of the molecule is CCNC(CO)(CSc1ccc2c(c1)CCC2)C1CC1. The number of rotatable bonds is 7. The van der Waals surface area contributed by atoms with Crippen molar-refractivity contribution in [2.45, 2.75) is 49.5 Å². The van der Waals surface area contributed by atoms with E-state index in [0.717, 1.165) is 12.3 Å². The van der Waals surface area contributed by atoms with Crippen LogP contribution >= 0.6 is 11.8 Å². The van der Waals surface area contributed by atoms with E-state index in [-0.39, 0.29) is 12.1 Å². The largest absolute Gasteiger partial charge is 0.394 e. The third-order valence-electron chi connectivity index (χ3n) is 4.74. The Bertz CT molecular complexity index is 472. The standard InChI is InChI=1S/C17H25NOS/c1-2-18-17(11-19,15-7-8-15)12-20-16-9-6-13-4-3-5-14(13)10-16/h6,9-10,15,18-19H,2-5,7-8,11-12H2,1H3. The molecule has 0 bridgehead atoms. The van der Waals surface area contributed by atoms with Gasteiger partial charge < -0.3 is 10.4 Å². The van der Waals surface area contributed by atoms with Crippen molar-refractivity contribution in [3.05, 3.63) is 29.3 Å². The zero-order chi connectivity index (χ0) is 14.0. The zero-order valence-corrected chi connectivity index (χ0v) is 13.1. The topological polar surface area (TPSA) is 32.3 Å². The second kappa shape index (κ2) is 6.08. The molecule has 0 aliphatic heterocycles. The predicted molar refractivity (Wildman–Crippen MR) is 85.4 cm³/mol. The van der Waals surface area contributed by atoms with Gasteiger partial charge in [0.15, 0.2) is 0 Å². The number of hydrogen-bond donors (Lipinski definition) is 2. The molecule has 0 saturated heterocycles. The van der Waals surface area contributed by atoms with Crippen molar-refractivity contribution in [1.82, 2.24) is 5.32 Å². The highest BCUT2D eigenvalue weighted by Gasteiger charge is 2.44. The molecule has 1 unspecified atom stereocenters. The van der Waals surface area contributed by atoms with Gasteiger partial charge in [-0.05, 0) is 67.8 Å². The van der Waals surface area contributed by atoms with Crippen LogP contribution in [0.1, 0.15) is 37.3 Å². The van der Waals surface area contributed by atoms with Gasteiger partial charge in [-0.3, -0.25) is 0 Å². The van der Waals surface area contributed by atoms with Crippen LogP contribution in [0.15, 0.2) is 23.1 Å². The fraction of sp³-hybridized carbons (Fsp3) is 0.647. The lowest BCUT2D eigenvalue weighted by Gasteiger charge is -2.33. The van der Waals surface area contributed by atoms with Crippen LogP contribution < -0.4 is 5.32 Å². The van der Waals surface area contributed by atoms with Gasteiger partial charge in [0.2, 0.25) is 0 Å². The van der Waals surface area contributed by atoms with E-state index in [9.17, 15) is 5.11 Å². The smallest absolute Gasteiger partial charge is 0.0624 e. The molecule has 0 heterocycles. The molecule has 20 heavy (non-hydrogen) atoms. The molecular formula is C17H25NOS. The van der Waals surface area contributed by atoms with Crippen LogP contribution in [0, 0.1) is 5.92 Å². The summed E-state index contributed by atoms with van der Waals surface area (Å²) in [5.74, 6) is 1.63. The van der Waals surface area contributed by atoms with Gasteiger partial charge in [0.1, 0.15) is 0 Å². The number of aliphatic hydroxyl groups excluding tert-OH is 1. The average molecular weight is 291 g/mol. The van der Waals surface area contributed by atoms with Gasteiger partial charge in [-0.2, -0.15) is 0 Å². The van der Waals surface area contributed by atoms with E-state index in [1.54, 1.807) is 5.56 Å². The van der Waals surface area contributed by atoms with Crippen molar-refractivity contribution < 1.29 is 5.11 Å². The monoisotopic (exact) mass is 291 g/mol. The van der Waals surface area contributed by atoms with Gasteiger partial charge in [-0.15, -0.1) is 11.8 Å². The Hall–Kier alpha value is -0.510. The van der Waals surface area contributed by atoms with Gasteiger partial charge in [0.05, 0.1) is 12.1 Å². The predicted octanol–water partition coefficient (Wildman–Crippen LogP) is 3.02. The lowest BCUT2D eigenvalue weighted by atomic mass is 9.97. The van der Waals surface area contributed by atoms with E-state index in [0.29, 0.717) is 5.92 Å². The van der Waals surface area contributed by atoms with Gasteiger partial charge in [-0.25, -0.2) is 0 Å². The van der Waals surface area contributed by atoms with Crippen molar-refractivity contribution in [3.63, 3.8) is 0 Å². The third kappa shape index (κ3) is 2.90. The fourth-order valence-electron chi connectivity index (χ4n) is 3.38. The van der Waals surface area contributed by atoms with Crippen LogP contribution in [0.3, 0.4) is 0 Å². The Morgan fingerprint density at radius 1 is 1.30 bits per heavy atom. The molecule has 3 heteroatoms. The van der Waals surface area contributed by atoms with E-state index in [4.69, 9.17) is 0 Å². The minimum atomic E-state index is -0.0710. The van der Waals surface area contributed by atoms with Crippen LogP contribution in [-0.4, -0.2) is 29.5 Å². The summed E-state index contributed by atoms with van der Waals surface area (Å²) in [4.78, 5) is 1.36. The van der Waals surface area contributed by atoms with Crippen LogP contribution in [0.25, 0.3) is 0 Å². The molecule has 2 N–H and O–H groups in total. The van der Waals surface area contributed by atoms with E-state index < -0.39 is 0 Å². The Labute approximate surface area is 126 Å². The molecule has 0 spiro atoms. The maximum atomic E-state index is 9.88. The molecule has 2 nitrogen and oxygen atoms in total. The number of likely N-dealkylation sites (N-methyl/N-ethyl adjacent to an activating group) is 1. The maximum Gasteiger partial charge on any atom is 0.0624 e. The second-order valence-corrected chi connectivity index (χ2v) is 7.24. The summed E-state index contributed by atoms with van der Waals surface area (Å²) in [5.41, 5.74) is 3.01. The molecule has 110 valence electrons. The Kier molecular flexibility index (Phi) is 4.39.